The molecule has 1 aliphatic carbocycles. The largest absolute Gasteiger partial charge is 0.294 e. The van der Waals surface area contributed by atoms with Crippen molar-refractivity contribution < 1.29 is 4.79 Å². The molecule has 1 aliphatic rings. The molecule has 0 unspecified atom stereocenters. The lowest BCUT2D eigenvalue weighted by Gasteiger charge is -2.18. The van der Waals surface area contributed by atoms with Gasteiger partial charge in [0.25, 0.3) is 0 Å². The van der Waals surface area contributed by atoms with E-state index in [1.165, 1.54) is 32.1 Å². The molecule has 0 spiro atoms. The number of rotatable bonds is 2. The number of hydrogen-bond donors (Lipinski definition) is 0. The van der Waals surface area contributed by atoms with Crippen molar-refractivity contribution in [2.24, 2.45) is 7.05 Å². The van der Waals surface area contributed by atoms with Crippen LogP contribution in [0.25, 0.3) is 0 Å². The van der Waals surface area contributed by atoms with Crippen molar-refractivity contribution >= 4 is 6.29 Å². The van der Waals surface area contributed by atoms with Gasteiger partial charge in [-0.3, -0.25) is 4.79 Å². The molecule has 14 heavy (non-hydrogen) atoms. The quantitative estimate of drug-likeness (QED) is 0.671. The minimum absolute atomic E-state index is 0.436. The first-order chi connectivity index (χ1) is 6.81. The van der Waals surface area contributed by atoms with Crippen LogP contribution in [0.2, 0.25) is 0 Å². The molecule has 1 heterocycles. The van der Waals surface area contributed by atoms with E-state index in [1.54, 1.807) is 11.7 Å². The summed E-state index contributed by atoms with van der Waals surface area (Å²) in [5.41, 5.74) is 0. The van der Waals surface area contributed by atoms with Gasteiger partial charge < -0.3 is 0 Å². The maximum absolute atomic E-state index is 10.6. The van der Waals surface area contributed by atoms with Crippen molar-refractivity contribution in [3.8, 4) is 0 Å². The highest BCUT2D eigenvalue weighted by atomic mass is 16.1. The molecule has 1 saturated carbocycles. The molecule has 0 N–H and O–H groups in total. The van der Waals surface area contributed by atoms with Crippen LogP contribution in [0.4, 0.5) is 0 Å². The van der Waals surface area contributed by atoms with Gasteiger partial charge >= 0.3 is 0 Å². The Bertz CT molecular complexity index is 326. The number of aromatic nitrogens is 3. The van der Waals surface area contributed by atoms with E-state index >= 15 is 0 Å². The van der Waals surface area contributed by atoms with Gasteiger partial charge in [0.1, 0.15) is 0 Å². The molecule has 0 radical (unpaired) electrons. The molecule has 76 valence electrons. The summed E-state index contributed by atoms with van der Waals surface area (Å²) in [6.45, 7) is 0. The molecule has 1 aromatic heterocycles. The summed E-state index contributed by atoms with van der Waals surface area (Å²) in [5, 5.41) is 4.28. The lowest BCUT2D eigenvalue weighted by atomic mass is 9.89. The third-order valence-corrected chi connectivity index (χ3v) is 2.89. The average molecular weight is 193 g/mol. The van der Waals surface area contributed by atoms with Crippen LogP contribution in [0.5, 0.6) is 0 Å². The molecule has 0 amide bonds. The zero-order valence-corrected chi connectivity index (χ0v) is 8.44. The normalized spacial score (nSPS) is 18.4. The van der Waals surface area contributed by atoms with Crippen LogP contribution in [0.1, 0.15) is 54.5 Å². The Morgan fingerprint density at radius 3 is 2.64 bits per heavy atom. The third-order valence-electron chi connectivity index (χ3n) is 2.89. The Morgan fingerprint density at radius 1 is 1.36 bits per heavy atom. The first-order valence-electron chi connectivity index (χ1n) is 5.17. The van der Waals surface area contributed by atoms with E-state index in [9.17, 15) is 4.79 Å². The standard InChI is InChI=1S/C10H15N3O/c1-13-9(7-14)11-10(12-13)8-5-3-2-4-6-8/h7-8H,2-6H2,1H3. The van der Waals surface area contributed by atoms with Gasteiger partial charge in [-0.1, -0.05) is 19.3 Å². The Hall–Kier alpha value is -1.19. The monoisotopic (exact) mass is 193 g/mol. The molecule has 4 heteroatoms. The Labute approximate surface area is 83.3 Å². The molecule has 0 aromatic carbocycles. The van der Waals surface area contributed by atoms with E-state index in [4.69, 9.17) is 0 Å². The molecular formula is C10H15N3O. The van der Waals surface area contributed by atoms with Gasteiger partial charge in [0.15, 0.2) is 17.9 Å². The fourth-order valence-electron chi connectivity index (χ4n) is 2.05. The van der Waals surface area contributed by atoms with Crippen LogP contribution in [-0.4, -0.2) is 21.1 Å². The zero-order valence-electron chi connectivity index (χ0n) is 8.44. The van der Waals surface area contributed by atoms with E-state index < -0.39 is 0 Å². The topological polar surface area (TPSA) is 47.8 Å². The van der Waals surface area contributed by atoms with Crippen molar-refractivity contribution in [2.75, 3.05) is 0 Å². The summed E-state index contributed by atoms with van der Waals surface area (Å²) >= 11 is 0. The van der Waals surface area contributed by atoms with Crippen molar-refractivity contribution in [1.82, 2.24) is 14.8 Å². The molecule has 4 nitrogen and oxygen atoms in total. The average Bonchev–Trinajstić information content (AvgIpc) is 2.61. The van der Waals surface area contributed by atoms with E-state index in [2.05, 4.69) is 10.1 Å². The zero-order chi connectivity index (χ0) is 9.97. The van der Waals surface area contributed by atoms with E-state index in [-0.39, 0.29) is 0 Å². The molecule has 0 aliphatic heterocycles. The predicted octanol–water partition coefficient (Wildman–Crippen LogP) is 1.68. The number of carbonyl (C=O) groups is 1. The first kappa shape index (κ1) is 9.37. The second-order valence-corrected chi connectivity index (χ2v) is 3.90. The molecular weight excluding hydrogens is 178 g/mol. The fraction of sp³-hybridized carbons (Fsp3) is 0.700. The van der Waals surface area contributed by atoms with Gasteiger partial charge in [0.05, 0.1) is 0 Å². The SMILES string of the molecule is Cn1nc(C2CCCCC2)nc1C=O. The molecule has 1 fully saturated rings. The number of hydrogen-bond acceptors (Lipinski definition) is 3. The van der Waals surface area contributed by atoms with Crippen LogP contribution >= 0.6 is 0 Å². The predicted molar refractivity (Wildman–Crippen MR) is 52.2 cm³/mol. The van der Waals surface area contributed by atoms with Crippen LogP contribution in [0.15, 0.2) is 0 Å². The fourth-order valence-corrected chi connectivity index (χ4v) is 2.05. The number of carbonyl (C=O) groups excluding carboxylic acids is 1. The summed E-state index contributed by atoms with van der Waals surface area (Å²) in [6.07, 6.45) is 6.95. The Balaban J connectivity index is 2.18. The van der Waals surface area contributed by atoms with Gasteiger partial charge in [-0.05, 0) is 12.8 Å². The minimum Gasteiger partial charge on any atom is -0.294 e. The van der Waals surface area contributed by atoms with Crippen molar-refractivity contribution in [3.63, 3.8) is 0 Å². The maximum atomic E-state index is 10.6. The second kappa shape index (κ2) is 3.90. The summed E-state index contributed by atoms with van der Waals surface area (Å²) < 4.78 is 1.57. The van der Waals surface area contributed by atoms with Gasteiger partial charge in [0, 0.05) is 13.0 Å². The number of aryl methyl sites for hydroxylation is 1. The molecule has 0 atom stereocenters. The summed E-state index contributed by atoms with van der Waals surface area (Å²) in [4.78, 5) is 14.8. The van der Waals surface area contributed by atoms with Crippen LogP contribution in [-0.2, 0) is 7.05 Å². The molecule has 0 saturated heterocycles. The first-order valence-corrected chi connectivity index (χ1v) is 5.17. The molecule has 0 bridgehead atoms. The van der Waals surface area contributed by atoms with Crippen LogP contribution in [0, 0.1) is 0 Å². The van der Waals surface area contributed by atoms with E-state index in [0.717, 1.165) is 12.1 Å². The van der Waals surface area contributed by atoms with E-state index in [0.29, 0.717) is 11.7 Å². The van der Waals surface area contributed by atoms with Gasteiger partial charge in [-0.15, -0.1) is 0 Å². The lowest BCUT2D eigenvalue weighted by molar-refractivity contribution is 0.111. The van der Waals surface area contributed by atoms with E-state index in [1.807, 2.05) is 0 Å². The smallest absolute Gasteiger partial charge is 0.191 e. The van der Waals surface area contributed by atoms with Gasteiger partial charge in [-0.25, -0.2) is 9.67 Å². The van der Waals surface area contributed by atoms with Gasteiger partial charge in [0.2, 0.25) is 0 Å². The number of nitrogens with zero attached hydrogens (tertiary/aromatic N) is 3. The highest BCUT2D eigenvalue weighted by molar-refractivity contribution is 5.68. The van der Waals surface area contributed by atoms with Crippen LogP contribution in [0.3, 0.4) is 0 Å². The molecule has 1 aromatic rings. The summed E-state index contributed by atoms with van der Waals surface area (Å²) in [6, 6.07) is 0. The van der Waals surface area contributed by atoms with Crippen molar-refractivity contribution in [1.29, 1.82) is 0 Å². The Kier molecular flexibility index (Phi) is 2.61. The minimum atomic E-state index is 0.436. The third kappa shape index (κ3) is 1.69. The molecule has 2 rings (SSSR count). The Morgan fingerprint density at radius 2 is 2.07 bits per heavy atom. The lowest BCUT2D eigenvalue weighted by Crippen LogP contribution is -2.06. The van der Waals surface area contributed by atoms with Crippen molar-refractivity contribution in [2.45, 2.75) is 38.0 Å². The van der Waals surface area contributed by atoms with Crippen molar-refractivity contribution in [3.05, 3.63) is 11.6 Å². The number of aldehydes is 1. The highest BCUT2D eigenvalue weighted by Crippen LogP contribution is 2.30. The summed E-state index contributed by atoms with van der Waals surface area (Å²) in [7, 11) is 1.77. The summed E-state index contributed by atoms with van der Waals surface area (Å²) in [5.74, 6) is 1.77. The van der Waals surface area contributed by atoms with Crippen LogP contribution < -0.4 is 0 Å². The maximum Gasteiger partial charge on any atom is 0.191 e. The second-order valence-electron chi connectivity index (χ2n) is 3.90. The van der Waals surface area contributed by atoms with Gasteiger partial charge in [-0.2, -0.15) is 5.10 Å². The highest BCUT2D eigenvalue weighted by Gasteiger charge is 2.20.